The first-order chi connectivity index (χ1) is 10.8. The highest BCUT2D eigenvalue weighted by Crippen LogP contribution is 2.28. The van der Waals surface area contributed by atoms with Gasteiger partial charge in [0.2, 0.25) is 5.91 Å². The zero-order chi connectivity index (χ0) is 15.2. The normalized spacial score (nSPS) is 13.5. The average molecular weight is 312 g/mol. The first-order valence-corrected chi connectivity index (χ1v) is 8.86. The van der Waals surface area contributed by atoms with Crippen LogP contribution in [-0.4, -0.2) is 16.6 Å². The highest BCUT2D eigenvalue weighted by Gasteiger charge is 2.14. The summed E-state index contributed by atoms with van der Waals surface area (Å²) in [6.07, 6.45) is 6.46. The monoisotopic (exact) mass is 312 g/mol. The molecule has 1 aliphatic rings. The molecular formula is C18H20N2OS. The number of carbonyl (C=O) groups excluding carboxylic acids is 1. The number of fused-ring (bicyclic) bond motifs is 1. The van der Waals surface area contributed by atoms with E-state index in [9.17, 15) is 4.79 Å². The van der Waals surface area contributed by atoms with Gasteiger partial charge in [-0.25, -0.2) is 0 Å². The Hall–Kier alpha value is -1.81. The average Bonchev–Trinajstić information content (AvgIpc) is 2.56. The maximum atomic E-state index is 12.1. The molecule has 3 rings (SSSR count). The van der Waals surface area contributed by atoms with Gasteiger partial charge in [0.1, 0.15) is 0 Å². The van der Waals surface area contributed by atoms with Gasteiger partial charge in [0.15, 0.2) is 0 Å². The lowest BCUT2D eigenvalue weighted by Gasteiger charge is -2.19. The molecule has 0 aliphatic heterocycles. The van der Waals surface area contributed by atoms with E-state index in [2.05, 4.69) is 16.4 Å². The van der Waals surface area contributed by atoms with Gasteiger partial charge >= 0.3 is 0 Å². The minimum atomic E-state index is 0.0694. The Morgan fingerprint density at radius 1 is 1.14 bits per heavy atom. The Balaban J connectivity index is 1.54. The fourth-order valence-corrected chi connectivity index (χ4v) is 3.56. The maximum absolute atomic E-state index is 12.1. The molecular weight excluding hydrogens is 292 g/mol. The summed E-state index contributed by atoms with van der Waals surface area (Å²) in [6, 6.07) is 12.1. The van der Waals surface area contributed by atoms with Crippen molar-refractivity contribution in [1.29, 1.82) is 0 Å². The van der Waals surface area contributed by atoms with Crippen molar-refractivity contribution < 1.29 is 4.79 Å². The van der Waals surface area contributed by atoms with Crippen molar-refractivity contribution >= 4 is 23.4 Å². The standard InChI is InChI=1S/C18H20N2OS/c21-18(13-22-12-15-8-3-4-11-19-15)20-17-10-5-7-14-6-1-2-9-16(14)17/h3-5,7-8,10-11H,1-2,6,9,12-13H2,(H,20,21). The predicted octanol–water partition coefficient (Wildman–Crippen LogP) is 3.83. The number of hydrogen-bond acceptors (Lipinski definition) is 3. The molecule has 1 amide bonds. The maximum Gasteiger partial charge on any atom is 0.234 e. The van der Waals surface area contributed by atoms with Gasteiger partial charge in [-0.15, -0.1) is 11.8 Å². The van der Waals surface area contributed by atoms with Gasteiger partial charge in [0, 0.05) is 17.6 Å². The number of aryl methyl sites for hydroxylation is 1. The molecule has 2 aromatic rings. The van der Waals surface area contributed by atoms with Gasteiger partial charge in [-0.05, 0) is 55.0 Å². The van der Waals surface area contributed by atoms with Crippen molar-refractivity contribution in [2.45, 2.75) is 31.4 Å². The molecule has 0 radical (unpaired) electrons. The van der Waals surface area contributed by atoms with Crippen molar-refractivity contribution in [2.24, 2.45) is 0 Å². The fourth-order valence-electron chi connectivity index (χ4n) is 2.82. The number of amides is 1. The van der Waals surface area contributed by atoms with Gasteiger partial charge in [-0.1, -0.05) is 18.2 Å². The third-order valence-corrected chi connectivity index (χ3v) is 4.85. The lowest BCUT2D eigenvalue weighted by Crippen LogP contribution is -2.17. The van der Waals surface area contributed by atoms with Gasteiger partial charge in [-0.2, -0.15) is 0 Å². The van der Waals surface area contributed by atoms with Crippen LogP contribution in [0.3, 0.4) is 0 Å². The van der Waals surface area contributed by atoms with Crippen LogP contribution in [0.2, 0.25) is 0 Å². The van der Waals surface area contributed by atoms with Crippen LogP contribution in [0.5, 0.6) is 0 Å². The van der Waals surface area contributed by atoms with Crippen LogP contribution in [0.1, 0.15) is 29.7 Å². The molecule has 0 atom stereocenters. The predicted molar refractivity (Wildman–Crippen MR) is 92.1 cm³/mol. The lowest BCUT2D eigenvalue weighted by molar-refractivity contribution is -0.113. The van der Waals surface area contributed by atoms with E-state index in [0.29, 0.717) is 5.75 Å². The van der Waals surface area contributed by atoms with Crippen LogP contribution < -0.4 is 5.32 Å². The van der Waals surface area contributed by atoms with E-state index in [-0.39, 0.29) is 5.91 Å². The lowest BCUT2D eigenvalue weighted by atomic mass is 9.90. The van der Waals surface area contributed by atoms with Crippen LogP contribution in [0, 0.1) is 0 Å². The van der Waals surface area contributed by atoms with Crippen LogP contribution in [0.4, 0.5) is 5.69 Å². The Bertz CT molecular complexity index is 643. The minimum Gasteiger partial charge on any atom is -0.325 e. The number of pyridine rings is 1. The third-order valence-electron chi connectivity index (χ3n) is 3.88. The molecule has 1 aliphatic carbocycles. The number of benzene rings is 1. The summed E-state index contributed by atoms with van der Waals surface area (Å²) in [5.74, 6) is 1.29. The zero-order valence-electron chi connectivity index (χ0n) is 12.5. The van der Waals surface area contributed by atoms with Crippen molar-refractivity contribution in [2.75, 3.05) is 11.1 Å². The molecule has 0 unspecified atom stereocenters. The number of rotatable bonds is 5. The van der Waals surface area contributed by atoms with Crippen molar-refractivity contribution in [1.82, 2.24) is 4.98 Å². The van der Waals surface area contributed by atoms with Crippen molar-refractivity contribution in [3.63, 3.8) is 0 Å². The van der Waals surface area contributed by atoms with E-state index < -0.39 is 0 Å². The van der Waals surface area contributed by atoms with E-state index in [0.717, 1.165) is 30.0 Å². The minimum absolute atomic E-state index is 0.0694. The van der Waals surface area contributed by atoms with Gasteiger partial charge in [-0.3, -0.25) is 9.78 Å². The molecule has 1 heterocycles. The Morgan fingerprint density at radius 3 is 2.91 bits per heavy atom. The summed E-state index contributed by atoms with van der Waals surface area (Å²) < 4.78 is 0. The molecule has 1 N–H and O–H groups in total. The molecule has 0 saturated heterocycles. The molecule has 0 spiro atoms. The number of aromatic nitrogens is 1. The van der Waals surface area contributed by atoms with Crippen LogP contribution >= 0.6 is 11.8 Å². The highest BCUT2D eigenvalue weighted by atomic mass is 32.2. The van der Waals surface area contributed by atoms with Crippen LogP contribution in [-0.2, 0) is 23.4 Å². The van der Waals surface area contributed by atoms with E-state index in [1.54, 1.807) is 18.0 Å². The Morgan fingerprint density at radius 2 is 2.05 bits per heavy atom. The van der Waals surface area contributed by atoms with E-state index in [1.807, 2.05) is 30.3 Å². The summed E-state index contributed by atoms with van der Waals surface area (Å²) in [4.78, 5) is 16.4. The smallest absolute Gasteiger partial charge is 0.234 e. The second kappa shape index (κ2) is 7.45. The van der Waals surface area contributed by atoms with E-state index in [4.69, 9.17) is 0 Å². The molecule has 0 bridgehead atoms. The van der Waals surface area contributed by atoms with Crippen LogP contribution in [0.15, 0.2) is 42.6 Å². The van der Waals surface area contributed by atoms with E-state index in [1.165, 1.54) is 24.0 Å². The molecule has 3 nitrogen and oxygen atoms in total. The Kier molecular flexibility index (Phi) is 5.11. The summed E-state index contributed by atoms with van der Waals surface area (Å²) in [5, 5.41) is 3.08. The van der Waals surface area contributed by atoms with Gasteiger partial charge < -0.3 is 5.32 Å². The molecule has 1 aromatic carbocycles. The number of carbonyl (C=O) groups is 1. The summed E-state index contributed by atoms with van der Waals surface area (Å²) in [5.41, 5.74) is 4.74. The third kappa shape index (κ3) is 3.89. The number of anilines is 1. The van der Waals surface area contributed by atoms with Gasteiger partial charge in [0.05, 0.1) is 11.4 Å². The van der Waals surface area contributed by atoms with Crippen molar-refractivity contribution in [3.05, 3.63) is 59.4 Å². The number of thioether (sulfide) groups is 1. The van der Waals surface area contributed by atoms with Crippen molar-refractivity contribution in [3.8, 4) is 0 Å². The zero-order valence-corrected chi connectivity index (χ0v) is 13.4. The molecule has 22 heavy (non-hydrogen) atoms. The second-order valence-corrected chi connectivity index (χ2v) is 6.50. The first kappa shape index (κ1) is 15.1. The molecule has 0 fully saturated rings. The largest absolute Gasteiger partial charge is 0.325 e. The fraction of sp³-hybridized carbons (Fsp3) is 0.333. The highest BCUT2D eigenvalue weighted by molar-refractivity contribution is 7.99. The summed E-state index contributed by atoms with van der Waals surface area (Å²) in [7, 11) is 0. The second-order valence-electron chi connectivity index (χ2n) is 5.51. The molecule has 0 saturated carbocycles. The van der Waals surface area contributed by atoms with Crippen LogP contribution in [0.25, 0.3) is 0 Å². The molecule has 114 valence electrons. The molecule has 4 heteroatoms. The summed E-state index contributed by atoms with van der Waals surface area (Å²) in [6.45, 7) is 0. The number of hydrogen-bond donors (Lipinski definition) is 1. The summed E-state index contributed by atoms with van der Waals surface area (Å²) >= 11 is 1.60. The molecule has 1 aromatic heterocycles. The number of nitrogens with one attached hydrogen (secondary N) is 1. The van der Waals surface area contributed by atoms with E-state index >= 15 is 0 Å². The number of nitrogens with zero attached hydrogens (tertiary/aromatic N) is 1. The SMILES string of the molecule is O=C(CSCc1ccccn1)Nc1cccc2c1CCCC2. The van der Waals surface area contributed by atoms with Gasteiger partial charge in [0.25, 0.3) is 0 Å². The first-order valence-electron chi connectivity index (χ1n) is 7.71. The quantitative estimate of drug-likeness (QED) is 0.912. The Labute approximate surface area is 135 Å². The topological polar surface area (TPSA) is 42.0 Å².